The first-order valence-electron chi connectivity index (χ1n) is 8.58. The first kappa shape index (κ1) is 19.2. The maximum absolute atomic E-state index is 11.9. The number of nitriles is 1. The molecule has 0 aromatic heterocycles. The Morgan fingerprint density at radius 1 is 1.32 bits per heavy atom. The molecule has 0 bridgehead atoms. The Balaban J connectivity index is 1.59. The third kappa shape index (κ3) is 4.20. The zero-order valence-corrected chi connectivity index (χ0v) is 14.8. The van der Waals surface area contributed by atoms with Crippen LogP contribution < -0.4 is 14.8 Å². The van der Waals surface area contributed by atoms with E-state index >= 15 is 0 Å². The maximum atomic E-state index is 11.9. The van der Waals surface area contributed by atoms with Gasteiger partial charge in [-0.25, -0.2) is 4.79 Å². The minimum Gasteiger partial charge on any atom is -0.454 e. The number of esters is 1. The van der Waals surface area contributed by atoms with Crippen LogP contribution in [0.4, 0.5) is 5.69 Å². The molecule has 3 rings (SSSR count). The van der Waals surface area contributed by atoms with E-state index in [1.165, 1.54) is 18.2 Å². The summed E-state index contributed by atoms with van der Waals surface area (Å²) >= 11 is 0. The summed E-state index contributed by atoms with van der Waals surface area (Å²) in [5.74, 6) is -0.836. The van der Waals surface area contributed by atoms with Crippen molar-refractivity contribution >= 4 is 23.6 Å². The van der Waals surface area contributed by atoms with Crippen molar-refractivity contribution in [2.24, 2.45) is 0 Å². The van der Waals surface area contributed by atoms with Gasteiger partial charge in [0.25, 0.3) is 11.6 Å². The van der Waals surface area contributed by atoms with Crippen LogP contribution in [0, 0.1) is 21.4 Å². The van der Waals surface area contributed by atoms with E-state index in [0.29, 0.717) is 18.6 Å². The summed E-state index contributed by atoms with van der Waals surface area (Å²) in [5, 5.41) is 23.0. The fourth-order valence-corrected chi connectivity index (χ4v) is 3.13. The van der Waals surface area contributed by atoms with Gasteiger partial charge >= 0.3 is 5.97 Å². The number of fused-ring (bicyclic) bond motifs is 1. The lowest BCUT2D eigenvalue weighted by Gasteiger charge is -2.21. The van der Waals surface area contributed by atoms with Crippen LogP contribution in [0.15, 0.2) is 18.2 Å². The Morgan fingerprint density at radius 2 is 2.00 bits per heavy atom. The Labute approximate surface area is 159 Å². The van der Waals surface area contributed by atoms with Crippen LogP contribution in [0.2, 0.25) is 0 Å². The van der Waals surface area contributed by atoms with Crippen molar-refractivity contribution in [2.75, 3.05) is 13.4 Å². The number of nitro benzene ring substituents is 1. The molecule has 1 amide bonds. The normalized spacial score (nSPS) is 16.5. The summed E-state index contributed by atoms with van der Waals surface area (Å²) < 4.78 is 15.1. The van der Waals surface area contributed by atoms with Gasteiger partial charge in [0, 0.05) is 6.08 Å². The van der Waals surface area contributed by atoms with Crippen molar-refractivity contribution in [3.63, 3.8) is 0 Å². The Bertz CT molecular complexity index is 882. The molecule has 1 aromatic carbocycles. The van der Waals surface area contributed by atoms with Crippen LogP contribution >= 0.6 is 0 Å². The van der Waals surface area contributed by atoms with Gasteiger partial charge in [0.05, 0.1) is 22.6 Å². The summed E-state index contributed by atoms with van der Waals surface area (Å²) in [6.07, 6.45) is 5.02. The number of hydrogen-bond acceptors (Lipinski definition) is 8. The number of carbonyl (C=O) groups excluding carboxylic acids is 2. The quantitative estimate of drug-likeness (QED) is 0.337. The average Bonchev–Trinajstić information content (AvgIpc) is 3.33. The average molecular weight is 387 g/mol. The molecule has 1 saturated carbocycles. The fraction of sp³-hybridized carbons (Fsp3) is 0.389. The molecule has 2 aliphatic rings. The van der Waals surface area contributed by atoms with Crippen molar-refractivity contribution in [3.8, 4) is 17.6 Å². The summed E-state index contributed by atoms with van der Waals surface area (Å²) in [5.41, 5.74) is -1.03. The summed E-state index contributed by atoms with van der Waals surface area (Å²) in [6, 6.07) is 4.70. The number of nitro groups is 1. The fourth-order valence-electron chi connectivity index (χ4n) is 3.13. The van der Waals surface area contributed by atoms with Gasteiger partial charge in [-0.2, -0.15) is 5.26 Å². The molecule has 0 unspecified atom stereocenters. The molecule has 146 valence electrons. The van der Waals surface area contributed by atoms with Crippen LogP contribution in [0.5, 0.6) is 11.5 Å². The SMILES string of the molecule is N#CC1(NC(=O)COC(=O)/C=C/c2cc3c(cc2[N+](=O)[O-])OCO3)CCCC1. The second-order valence-electron chi connectivity index (χ2n) is 6.41. The van der Waals surface area contributed by atoms with Crippen LogP contribution in [0.1, 0.15) is 31.2 Å². The van der Waals surface area contributed by atoms with Crippen LogP contribution in [0.3, 0.4) is 0 Å². The molecular formula is C18H17N3O7. The van der Waals surface area contributed by atoms with Gasteiger partial charge in [0.1, 0.15) is 5.54 Å². The Kier molecular flexibility index (Phi) is 5.44. The topological polar surface area (TPSA) is 141 Å². The number of hydrogen-bond donors (Lipinski definition) is 1. The van der Waals surface area contributed by atoms with Gasteiger partial charge in [-0.3, -0.25) is 14.9 Å². The van der Waals surface area contributed by atoms with Gasteiger partial charge in [-0.1, -0.05) is 0 Å². The standard InChI is InChI=1S/C18H17N3O7/c19-10-18(5-1-2-6-18)20-16(22)9-26-17(23)4-3-12-7-14-15(28-11-27-14)8-13(12)21(24)25/h3-4,7-8H,1-2,5-6,9,11H2,(H,20,22)/b4-3+. The third-order valence-corrected chi connectivity index (χ3v) is 4.51. The van der Waals surface area contributed by atoms with Crippen molar-refractivity contribution < 1.29 is 28.7 Å². The summed E-state index contributed by atoms with van der Waals surface area (Å²) in [4.78, 5) is 34.3. The van der Waals surface area contributed by atoms with Gasteiger partial charge in [-0.15, -0.1) is 0 Å². The number of nitrogens with zero attached hydrogens (tertiary/aromatic N) is 2. The molecule has 1 aromatic rings. The highest BCUT2D eigenvalue weighted by Gasteiger charge is 2.35. The molecule has 0 radical (unpaired) electrons. The summed E-state index contributed by atoms with van der Waals surface area (Å²) in [7, 11) is 0. The van der Waals surface area contributed by atoms with E-state index in [9.17, 15) is 25.0 Å². The number of benzene rings is 1. The van der Waals surface area contributed by atoms with Gasteiger partial charge < -0.3 is 19.5 Å². The molecule has 1 aliphatic carbocycles. The number of carbonyl (C=O) groups is 2. The largest absolute Gasteiger partial charge is 0.454 e. The second kappa shape index (κ2) is 7.96. The highest BCUT2D eigenvalue weighted by atomic mass is 16.7. The monoisotopic (exact) mass is 387 g/mol. The van der Waals surface area contributed by atoms with E-state index < -0.39 is 28.9 Å². The number of ether oxygens (including phenoxy) is 3. The third-order valence-electron chi connectivity index (χ3n) is 4.51. The molecule has 10 heteroatoms. The molecule has 1 fully saturated rings. The predicted octanol–water partition coefficient (Wildman–Crippen LogP) is 1.83. The summed E-state index contributed by atoms with van der Waals surface area (Å²) in [6.45, 7) is -0.586. The smallest absolute Gasteiger partial charge is 0.331 e. The lowest BCUT2D eigenvalue weighted by atomic mass is 10.00. The molecule has 1 aliphatic heterocycles. The number of amides is 1. The minimum absolute atomic E-state index is 0.0407. The van der Waals surface area contributed by atoms with E-state index in [0.717, 1.165) is 18.9 Å². The van der Waals surface area contributed by atoms with Crippen molar-refractivity contribution in [2.45, 2.75) is 31.2 Å². The van der Waals surface area contributed by atoms with Crippen LogP contribution in [0.25, 0.3) is 6.08 Å². The highest BCUT2D eigenvalue weighted by molar-refractivity contribution is 5.90. The van der Waals surface area contributed by atoms with Gasteiger partial charge in [0.2, 0.25) is 6.79 Å². The highest BCUT2D eigenvalue weighted by Crippen LogP contribution is 2.38. The second-order valence-corrected chi connectivity index (χ2v) is 6.41. The lowest BCUT2D eigenvalue weighted by molar-refractivity contribution is -0.385. The van der Waals surface area contributed by atoms with E-state index in [-0.39, 0.29) is 23.8 Å². The molecular weight excluding hydrogens is 370 g/mol. The van der Waals surface area contributed by atoms with Crippen molar-refractivity contribution in [1.29, 1.82) is 5.26 Å². The Morgan fingerprint density at radius 3 is 2.64 bits per heavy atom. The molecule has 0 saturated heterocycles. The van der Waals surface area contributed by atoms with E-state index in [4.69, 9.17) is 14.2 Å². The molecule has 1 N–H and O–H groups in total. The predicted molar refractivity (Wildman–Crippen MR) is 94.2 cm³/mol. The maximum Gasteiger partial charge on any atom is 0.331 e. The number of nitrogens with one attached hydrogen (secondary N) is 1. The van der Waals surface area contributed by atoms with Gasteiger partial charge in [0.15, 0.2) is 18.1 Å². The van der Waals surface area contributed by atoms with Crippen LogP contribution in [-0.2, 0) is 14.3 Å². The van der Waals surface area contributed by atoms with E-state index in [2.05, 4.69) is 11.4 Å². The van der Waals surface area contributed by atoms with E-state index in [1.54, 1.807) is 0 Å². The van der Waals surface area contributed by atoms with E-state index in [1.807, 2.05) is 0 Å². The first-order valence-corrected chi connectivity index (χ1v) is 8.58. The minimum atomic E-state index is -0.896. The van der Waals surface area contributed by atoms with Crippen LogP contribution in [-0.4, -0.2) is 35.7 Å². The Hall–Kier alpha value is -3.61. The molecule has 1 heterocycles. The molecule has 0 spiro atoms. The van der Waals surface area contributed by atoms with Crippen molar-refractivity contribution in [1.82, 2.24) is 5.32 Å². The number of rotatable bonds is 6. The first-order chi connectivity index (χ1) is 13.4. The molecule has 28 heavy (non-hydrogen) atoms. The van der Waals surface area contributed by atoms with Gasteiger partial charge in [-0.05, 0) is 37.8 Å². The zero-order chi connectivity index (χ0) is 20.1. The lowest BCUT2D eigenvalue weighted by Crippen LogP contribution is -2.46. The molecule has 10 nitrogen and oxygen atoms in total. The molecule has 0 atom stereocenters. The van der Waals surface area contributed by atoms with Crippen molar-refractivity contribution in [3.05, 3.63) is 33.9 Å². The zero-order valence-electron chi connectivity index (χ0n) is 14.8.